The fourth-order valence-corrected chi connectivity index (χ4v) is 2.24. The van der Waals surface area contributed by atoms with Crippen molar-refractivity contribution in [1.29, 1.82) is 0 Å². The van der Waals surface area contributed by atoms with Crippen LogP contribution in [0.4, 0.5) is 20.6 Å². The highest BCUT2D eigenvalue weighted by Crippen LogP contribution is 2.20. The van der Waals surface area contributed by atoms with E-state index in [1.807, 2.05) is 6.92 Å². The predicted octanol–water partition coefficient (Wildman–Crippen LogP) is 4.07. The smallest absolute Gasteiger partial charge is 0.319 e. The van der Waals surface area contributed by atoms with Crippen LogP contribution in [0.15, 0.2) is 36.4 Å². The summed E-state index contributed by atoms with van der Waals surface area (Å²) in [7, 11) is 0. The molecule has 0 aliphatic heterocycles. The Bertz CT molecular complexity index is 780. The molecule has 7 heteroatoms. The van der Waals surface area contributed by atoms with E-state index in [-0.39, 0.29) is 17.5 Å². The SMILES string of the molecule is CC(=O)Nc1ccc(C)c(NC(=O)NCc2ccc(F)c(Cl)c2)c1. The molecule has 3 N–H and O–H groups in total. The average Bonchev–Trinajstić information content (AvgIpc) is 2.51. The molecule has 2 rings (SSSR count). The van der Waals surface area contributed by atoms with Gasteiger partial charge in [-0.15, -0.1) is 0 Å². The summed E-state index contributed by atoms with van der Waals surface area (Å²) in [5.74, 6) is -0.697. The maximum Gasteiger partial charge on any atom is 0.319 e. The summed E-state index contributed by atoms with van der Waals surface area (Å²) in [4.78, 5) is 23.1. The molecule has 3 amide bonds. The molecule has 0 saturated carbocycles. The molecular weight excluding hydrogens is 333 g/mol. The van der Waals surface area contributed by atoms with Crippen LogP contribution in [-0.2, 0) is 11.3 Å². The number of aryl methyl sites for hydroxylation is 1. The average molecular weight is 350 g/mol. The summed E-state index contributed by atoms with van der Waals surface area (Å²) in [6.07, 6.45) is 0. The van der Waals surface area contributed by atoms with E-state index in [4.69, 9.17) is 11.6 Å². The lowest BCUT2D eigenvalue weighted by atomic mass is 10.2. The Kier molecular flexibility index (Phi) is 5.76. The molecule has 2 aromatic carbocycles. The molecule has 0 saturated heterocycles. The first kappa shape index (κ1) is 17.7. The minimum atomic E-state index is -0.504. The van der Waals surface area contributed by atoms with Gasteiger partial charge in [0.05, 0.1) is 5.02 Å². The van der Waals surface area contributed by atoms with Gasteiger partial charge in [0.15, 0.2) is 0 Å². The van der Waals surface area contributed by atoms with E-state index in [0.29, 0.717) is 16.9 Å². The molecule has 0 aromatic heterocycles. The van der Waals surface area contributed by atoms with Gasteiger partial charge in [-0.2, -0.15) is 0 Å². The van der Waals surface area contributed by atoms with Crippen LogP contribution < -0.4 is 16.0 Å². The Morgan fingerprint density at radius 3 is 2.54 bits per heavy atom. The van der Waals surface area contributed by atoms with Crippen molar-refractivity contribution in [1.82, 2.24) is 5.32 Å². The van der Waals surface area contributed by atoms with E-state index in [2.05, 4.69) is 16.0 Å². The van der Waals surface area contributed by atoms with E-state index in [9.17, 15) is 14.0 Å². The quantitative estimate of drug-likeness (QED) is 0.778. The first-order chi connectivity index (χ1) is 11.3. The Hall–Kier alpha value is -2.60. The number of halogens is 2. The Balaban J connectivity index is 1.98. The van der Waals surface area contributed by atoms with Crippen LogP contribution in [0.3, 0.4) is 0 Å². The van der Waals surface area contributed by atoms with Gasteiger partial charge in [0.25, 0.3) is 0 Å². The van der Waals surface area contributed by atoms with Crippen LogP contribution in [-0.4, -0.2) is 11.9 Å². The lowest BCUT2D eigenvalue weighted by Crippen LogP contribution is -2.28. The normalized spacial score (nSPS) is 10.2. The molecule has 0 bridgehead atoms. The second-order valence-corrected chi connectivity index (χ2v) is 5.67. The standard InChI is InChI=1S/C17H17ClFN3O2/c1-10-3-5-13(21-11(2)23)8-16(10)22-17(24)20-9-12-4-6-15(19)14(18)7-12/h3-8H,9H2,1-2H3,(H,21,23)(H2,20,22,24). The molecular formula is C17H17ClFN3O2. The van der Waals surface area contributed by atoms with Gasteiger partial charge in [0.2, 0.25) is 5.91 Å². The van der Waals surface area contributed by atoms with Gasteiger partial charge < -0.3 is 16.0 Å². The third-order valence-corrected chi connectivity index (χ3v) is 3.53. The molecule has 0 unspecified atom stereocenters. The molecule has 0 heterocycles. The summed E-state index contributed by atoms with van der Waals surface area (Å²) in [5.41, 5.74) is 2.70. The third-order valence-electron chi connectivity index (χ3n) is 3.24. The summed E-state index contributed by atoms with van der Waals surface area (Å²) in [6, 6.07) is 9.05. The zero-order valence-electron chi connectivity index (χ0n) is 13.2. The lowest BCUT2D eigenvalue weighted by Gasteiger charge is -2.12. The predicted molar refractivity (Wildman–Crippen MR) is 92.8 cm³/mol. The Labute approximate surface area is 144 Å². The van der Waals surface area contributed by atoms with Crippen molar-refractivity contribution in [3.8, 4) is 0 Å². The van der Waals surface area contributed by atoms with Gasteiger partial charge in [-0.05, 0) is 42.3 Å². The maximum absolute atomic E-state index is 13.1. The molecule has 5 nitrogen and oxygen atoms in total. The minimum Gasteiger partial charge on any atom is -0.334 e. The summed E-state index contributed by atoms with van der Waals surface area (Å²) < 4.78 is 13.1. The zero-order valence-corrected chi connectivity index (χ0v) is 14.0. The lowest BCUT2D eigenvalue weighted by molar-refractivity contribution is -0.114. The highest BCUT2D eigenvalue weighted by atomic mass is 35.5. The topological polar surface area (TPSA) is 70.2 Å². The monoisotopic (exact) mass is 349 g/mol. The molecule has 0 aliphatic rings. The van der Waals surface area contributed by atoms with Crippen molar-refractivity contribution in [3.63, 3.8) is 0 Å². The number of anilines is 2. The highest BCUT2D eigenvalue weighted by Gasteiger charge is 2.07. The molecule has 0 fully saturated rings. The van der Waals surface area contributed by atoms with Crippen molar-refractivity contribution in [2.45, 2.75) is 20.4 Å². The Morgan fingerprint density at radius 1 is 1.12 bits per heavy atom. The summed E-state index contributed by atoms with van der Waals surface area (Å²) in [6.45, 7) is 3.46. The molecule has 24 heavy (non-hydrogen) atoms. The summed E-state index contributed by atoms with van der Waals surface area (Å²) >= 11 is 5.70. The van der Waals surface area contributed by atoms with Gasteiger partial charge in [-0.3, -0.25) is 4.79 Å². The first-order valence-electron chi connectivity index (χ1n) is 7.22. The zero-order chi connectivity index (χ0) is 17.7. The van der Waals surface area contributed by atoms with Gasteiger partial charge in [-0.1, -0.05) is 23.7 Å². The number of hydrogen-bond donors (Lipinski definition) is 3. The number of carbonyl (C=O) groups excluding carboxylic acids is 2. The number of urea groups is 1. The third kappa shape index (κ3) is 4.96. The molecule has 0 radical (unpaired) electrons. The van der Waals surface area contributed by atoms with Crippen molar-refractivity contribution in [2.24, 2.45) is 0 Å². The van der Waals surface area contributed by atoms with Gasteiger partial charge in [0.1, 0.15) is 5.82 Å². The first-order valence-corrected chi connectivity index (χ1v) is 7.60. The second kappa shape index (κ2) is 7.79. The highest BCUT2D eigenvalue weighted by molar-refractivity contribution is 6.30. The van der Waals surface area contributed by atoms with Gasteiger partial charge >= 0.3 is 6.03 Å². The van der Waals surface area contributed by atoms with Crippen LogP contribution in [0.25, 0.3) is 0 Å². The molecule has 2 aromatic rings. The number of nitrogens with one attached hydrogen (secondary N) is 3. The maximum atomic E-state index is 13.1. The van der Waals surface area contributed by atoms with Crippen LogP contribution >= 0.6 is 11.6 Å². The van der Waals surface area contributed by atoms with E-state index in [1.165, 1.54) is 19.1 Å². The molecule has 0 atom stereocenters. The molecule has 0 spiro atoms. The largest absolute Gasteiger partial charge is 0.334 e. The van der Waals surface area contributed by atoms with Crippen molar-refractivity contribution in [2.75, 3.05) is 10.6 Å². The second-order valence-electron chi connectivity index (χ2n) is 5.27. The Morgan fingerprint density at radius 2 is 1.88 bits per heavy atom. The fraction of sp³-hybridized carbons (Fsp3) is 0.176. The van der Waals surface area contributed by atoms with E-state index < -0.39 is 11.8 Å². The van der Waals surface area contributed by atoms with Gasteiger partial charge in [0, 0.05) is 24.8 Å². The van der Waals surface area contributed by atoms with Crippen LogP contribution in [0, 0.1) is 12.7 Å². The van der Waals surface area contributed by atoms with E-state index >= 15 is 0 Å². The molecule has 126 valence electrons. The fourth-order valence-electron chi connectivity index (χ4n) is 2.04. The van der Waals surface area contributed by atoms with Crippen molar-refractivity contribution in [3.05, 3.63) is 58.4 Å². The van der Waals surface area contributed by atoms with Crippen LogP contribution in [0.1, 0.15) is 18.1 Å². The number of benzene rings is 2. The molecule has 0 aliphatic carbocycles. The van der Waals surface area contributed by atoms with Gasteiger partial charge in [-0.25, -0.2) is 9.18 Å². The van der Waals surface area contributed by atoms with Crippen LogP contribution in [0.5, 0.6) is 0 Å². The van der Waals surface area contributed by atoms with Crippen LogP contribution in [0.2, 0.25) is 5.02 Å². The number of hydrogen-bond acceptors (Lipinski definition) is 2. The minimum absolute atomic E-state index is 0.00793. The van der Waals surface area contributed by atoms with E-state index in [0.717, 1.165) is 5.56 Å². The van der Waals surface area contributed by atoms with Crippen molar-refractivity contribution >= 4 is 34.9 Å². The summed E-state index contributed by atoms with van der Waals surface area (Å²) in [5, 5.41) is 8.04. The number of carbonyl (C=O) groups is 2. The number of rotatable bonds is 4. The van der Waals surface area contributed by atoms with Crippen molar-refractivity contribution < 1.29 is 14.0 Å². The van der Waals surface area contributed by atoms with E-state index in [1.54, 1.807) is 24.3 Å². The number of amides is 3.